The second-order valence-electron chi connectivity index (χ2n) is 3.45. The van der Waals surface area contributed by atoms with Crippen LogP contribution in [0.1, 0.15) is 12.5 Å². The third kappa shape index (κ3) is 2.51. The van der Waals surface area contributed by atoms with E-state index in [1.54, 1.807) is 6.20 Å². The lowest BCUT2D eigenvalue weighted by Crippen LogP contribution is -1.83. The average molecular weight is 214 g/mol. The summed E-state index contributed by atoms with van der Waals surface area (Å²) in [6, 6.07) is 9.39. The fourth-order valence-electron chi connectivity index (χ4n) is 1.44. The SMILES string of the molecule is C/C(F)=C\c1ccc(-c2ccncn2)cc1. The number of hydrogen-bond donors (Lipinski definition) is 0. The predicted octanol–water partition coefficient (Wildman–Crippen LogP) is 3.47. The zero-order valence-corrected chi connectivity index (χ0v) is 8.89. The highest BCUT2D eigenvalue weighted by atomic mass is 19.1. The molecule has 0 fully saturated rings. The Morgan fingerprint density at radius 2 is 1.94 bits per heavy atom. The van der Waals surface area contributed by atoms with E-state index in [1.807, 2.05) is 30.3 Å². The topological polar surface area (TPSA) is 25.8 Å². The lowest BCUT2D eigenvalue weighted by molar-refractivity contribution is 0.648. The van der Waals surface area contributed by atoms with Gasteiger partial charge in [-0.15, -0.1) is 0 Å². The van der Waals surface area contributed by atoms with Gasteiger partial charge >= 0.3 is 0 Å². The number of benzene rings is 1. The fraction of sp³-hybridized carbons (Fsp3) is 0.0769. The second kappa shape index (κ2) is 4.66. The standard InChI is InChI=1S/C13H11FN2/c1-10(14)8-11-2-4-12(5-3-11)13-6-7-15-9-16-13/h2-9H,1H3/b10-8+. The van der Waals surface area contributed by atoms with Crippen molar-refractivity contribution in [2.24, 2.45) is 0 Å². The van der Waals surface area contributed by atoms with E-state index in [4.69, 9.17) is 0 Å². The molecule has 0 saturated carbocycles. The molecular formula is C13H11FN2. The normalized spacial score (nSPS) is 11.5. The summed E-state index contributed by atoms with van der Waals surface area (Å²) >= 11 is 0. The minimum atomic E-state index is -0.199. The second-order valence-corrected chi connectivity index (χ2v) is 3.45. The highest BCUT2D eigenvalue weighted by Gasteiger charge is 1.97. The summed E-state index contributed by atoms with van der Waals surface area (Å²) in [4.78, 5) is 8.00. The molecule has 80 valence electrons. The maximum atomic E-state index is 12.7. The van der Waals surface area contributed by atoms with Crippen molar-refractivity contribution in [1.29, 1.82) is 0 Å². The van der Waals surface area contributed by atoms with Crippen molar-refractivity contribution in [3.8, 4) is 11.3 Å². The fourth-order valence-corrected chi connectivity index (χ4v) is 1.44. The van der Waals surface area contributed by atoms with Crippen molar-refractivity contribution < 1.29 is 4.39 Å². The largest absolute Gasteiger partial charge is 0.245 e. The molecule has 0 aliphatic rings. The molecule has 0 bridgehead atoms. The number of rotatable bonds is 2. The summed E-state index contributed by atoms with van der Waals surface area (Å²) in [7, 11) is 0. The zero-order valence-electron chi connectivity index (χ0n) is 8.89. The Hall–Kier alpha value is -2.03. The number of aromatic nitrogens is 2. The Bertz CT molecular complexity index is 485. The van der Waals surface area contributed by atoms with Gasteiger partial charge in [0.2, 0.25) is 0 Å². The van der Waals surface area contributed by atoms with Crippen LogP contribution in [0.4, 0.5) is 4.39 Å². The van der Waals surface area contributed by atoms with Gasteiger partial charge in [0.05, 0.1) is 11.5 Å². The van der Waals surface area contributed by atoms with Gasteiger partial charge in [0, 0.05) is 11.8 Å². The maximum absolute atomic E-state index is 12.7. The highest BCUT2D eigenvalue weighted by molar-refractivity contribution is 5.62. The van der Waals surface area contributed by atoms with Crippen LogP contribution in [0.5, 0.6) is 0 Å². The summed E-state index contributed by atoms with van der Waals surface area (Å²) in [5.74, 6) is -0.199. The molecule has 0 saturated heterocycles. The van der Waals surface area contributed by atoms with E-state index in [1.165, 1.54) is 19.3 Å². The summed E-state index contributed by atoms with van der Waals surface area (Å²) in [6.45, 7) is 1.43. The molecule has 0 N–H and O–H groups in total. The van der Waals surface area contributed by atoms with Crippen molar-refractivity contribution in [3.05, 3.63) is 54.2 Å². The summed E-state index contributed by atoms with van der Waals surface area (Å²) < 4.78 is 12.7. The molecule has 0 spiro atoms. The Morgan fingerprint density at radius 3 is 2.50 bits per heavy atom. The molecule has 2 aromatic rings. The molecule has 0 aliphatic carbocycles. The minimum Gasteiger partial charge on any atom is -0.245 e. The van der Waals surface area contributed by atoms with Crippen LogP contribution in [0.15, 0.2) is 48.7 Å². The molecule has 0 aliphatic heterocycles. The van der Waals surface area contributed by atoms with E-state index < -0.39 is 0 Å². The maximum Gasteiger partial charge on any atom is 0.116 e. The lowest BCUT2D eigenvalue weighted by Gasteiger charge is -2.00. The van der Waals surface area contributed by atoms with Gasteiger partial charge in [0.25, 0.3) is 0 Å². The Morgan fingerprint density at radius 1 is 1.19 bits per heavy atom. The van der Waals surface area contributed by atoms with Crippen LogP contribution >= 0.6 is 0 Å². The first-order valence-corrected chi connectivity index (χ1v) is 4.96. The van der Waals surface area contributed by atoms with E-state index in [9.17, 15) is 4.39 Å². The molecular weight excluding hydrogens is 203 g/mol. The van der Waals surface area contributed by atoms with Crippen molar-refractivity contribution in [1.82, 2.24) is 9.97 Å². The summed E-state index contributed by atoms with van der Waals surface area (Å²) in [6.07, 6.45) is 4.69. The third-order valence-corrected chi connectivity index (χ3v) is 2.15. The van der Waals surface area contributed by atoms with Gasteiger partial charge in [-0.25, -0.2) is 14.4 Å². The predicted molar refractivity (Wildman–Crippen MR) is 62.2 cm³/mol. The van der Waals surface area contributed by atoms with Crippen LogP contribution in [0, 0.1) is 0 Å². The molecule has 1 aromatic heterocycles. The number of halogens is 1. The van der Waals surface area contributed by atoms with Gasteiger partial charge in [-0.1, -0.05) is 24.3 Å². The van der Waals surface area contributed by atoms with Crippen molar-refractivity contribution in [2.75, 3.05) is 0 Å². The van der Waals surface area contributed by atoms with E-state index >= 15 is 0 Å². The van der Waals surface area contributed by atoms with Gasteiger partial charge in [-0.05, 0) is 24.6 Å². The highest BCUT2D eigenvalue weighted by Crippen LogP contribution is 2.17. The van der Waals surface area contributed by atoms with Crippen molar-refractivity contribution in [3.63, 3.8) is 0 Å². The first-order valence-electron chi connectivity index (χ1n) is 4.96. The van der Waals surface area contributed by atoms with Crippen LogP contribution < -0.4 is 0 Å². The average Bonchev–Trinajstić information content (AvgIpc) is 2.30. The van der Waals surface area contributed by atoms with Crippen LogP contribution in [0.3, 0.4) is 0 Å². The number of nitrogens with zero attached hydrogens (tertiary/aromatic N) is 2. The lowest BCUT2D eigenvalue weighted by atomic mass is 10.1. The molecule has 0 radical (unpaired) electrons. The monoisotopic (exact) mass is 214 g/mol. The quantitative estimate of drug-likeness (QED) is 0.764. The van der Waals surface area contributed by atoms with Crippen LogP contribution in [-0.2, 0) is 0 Å². The van der Waals surface area contributed by atoms with Gasteiger partial charge in [-0.2, -0.15) is 0 Å². The third-order valence-electron chi connectivity index (χ3n) is 2.15. The molecule has 3 heteroatoms. The van der Waals surface area contributed by atoms with Crippen LogP contribution in [0.2, 0.25) is 0 Å². The van der Waals surface area contributed by atoms with Gasteiger partial charge in [-0.3, -0.25) is 0 Å². The van der Waals surface area contributed by atoms with Gasteiger partial charge < -0.3 is 0 Å². The van der Waals surface area contributed by atoms with Crippen LogP contribution in [0.25, 0.3) is 17.3 Å². The van der Waals surface area contributed by atoms with Crippen molar-refractivity contribution in [2.45, 2.75) is 6.92 Å². The van der Waals surface area contributed by atoms with Crippen molar-refractivity contribution >= 4 is 6.08 Å². The molecule has 2 nitrogen and oxygen atoms in total. The Balaban J connectivity index is 2.30. The van der Waals surface area contributed by atoms with Gasteiger partial charge in [0.1, 0.15) is 6.33 Å². The molecule has 1 aromatic carbocycles. The van der Waals surface area contributed by atoms with E-state index in [0.29, 0.717) is 0 Å². The molecule has 2 rings (SSSR count). The van der Waals surface area contributed by atoms with Crippen LogP contribution in [-0.4, -0.2) is 9.97 Å². The zero-order chi connectivity index (χ0) is 11.4. The summed E-state index contributed by atoms with van der Waals surface area (Å²) in [5.41, 5.74) is 2.70. The number of hydrogen-bond acceptors (Lipinski definition) is 2. The smallest absolute Gasteiger partial charge is 0.116 e. The molecule has 1 heterocycles. The molecule has 0 unspecified atom stereocenters. The van der Waals surface area contributed by atoms with E-state index in [-0.39, 0.29) is 5.83 Å². The summed E-state index contributed by atoms with van der Waals surface area (Å²) in [5, 5.41) is 0. The van der Waals surface area contributed by atoms with E-state index in [2.05, 4.69) is 9.97 Å². The number of allylic oxidation sites excluding steroid dienone is 1. The first kappa shape index (κ1) is 10.5. The van der Waals surface area contributed by atoms with Gasteiger partial charge in [0.15, 0.2) is 0 Å². The first-order chi connectivity index (χ1) is 7.75. The minimum absolute atomic E-state index is 0.199. The molecule has 0 atom stereocenters. The Labute approximate surface area is 93.5 Å². The molecule has 16 heavy (non-hydrogen) atoms. The Kier molecular flexibility index (Phi) is 3.05. The van der Waals surface area contributed by atoms with E-state index in [0.717, 1.165) is 16.8 Å². The molecule has 0 amide bonds.